The van der Waals surface area contributed by atoms with E-state index in [9.17, 15) is 0 Å². The van der Waals surface area contributed by atoms with E-state index in [1.54, 1.807) is 24.5 Å². The Morgan fingerprint density at radius 2 is 2.28 bits per heavy atom. The Labute approximate surface area is 123 Å². The highest BCUT2D eigenvalue weighted by Crippen LogP contribution is 2.36. The van der Waals surface area contributed by atoms with E-state index >= 15 is 0 Å². The Kier molecular flexibility index (Phi) is 4.37. The third-order valence-electron chi connectivity index (χ3n) is 2.43. The molecule has 0 saturated heterocycles. The van der Waals surface area contributed by atoms with Gasteiger partial charge in [-0.15, -0.1) is 11.3 Å². The van der Waals surface area contributed by atoms with Crippen molar-refractivity contribution >= 4 is 50.2 Å². The van der Waals surface area contributed by atoms with Crippen LogP contribution in [-0.2, 0) is 6.54 Å². The molecule has 2 rings (SSSR count). The molecule has 18 heavy (non-hydrogen) atoms. The predicted molar refractivity (Wildman–Crippen MR) is 81.8 cm³/mol. The Bertz CT molecular complexity index is 559. The first-order valence-electron chi connectivity index (χ1n) is 5.20. The molecule has 3 N–H and O–H groups in total. The monoisotopic (exact) mass is 346 g/mol. The molecule has 0 aliphatic heterocycles. The fraction of sp³-hybridized carbons (Fsp3) is 0.167. The number of benzene rings is 1. The Hall–Kier alpha value is -0.910. The minimum Gasteiger partial charge on any atom is -0.493 e. The van der Waals surface area contributed by atoms with Gasteiger partial charge in [-0.05, 0) is 39.5 Å². The zero-order valence-electron chi connectivity index (χ0n) is 9.67. The molecule has 1 aromatic heterocycles. The average Bonchev–Trinajstić information content (AvgIpc) is 2.71. The highest BCUT2D eigenvalue weighted by atomic mass is 79.9. The van der Waals surface area contributed by atoms with Crippen molar-refractivity contribution in [2.24, 2.45) is 0 Å². The van der Waals surface area contributed by atoms with Crippen LogP contribution < -0.4 is 15.8 Å². The number of nitrogens with two attached hydrogens (primary N) is 1. The summed E-state index contributed by atoms with van der Waals surface area (Å²) in [5.74, 6) is 0.731. The molecular formula is C12H12BrClN2OS. The number of ether oxygens (including phenoxy) is 1. The molecule has 0 atom stereocenters. The van der Waals surface area contributed by atoms with Gasteiger partial charge in [0.25, 0.3) is 0 Å². The largest absolute Gasteiger partial charge is 0.493 e. The summed E-state index contributed by atoms with van der Waals surface area (Å²) in [4.78, 5) is 1.09. The molecule has 0 aliphatic rings. The van der Waals surface area contributed by atoms with E-state index < -0.39 is 0 Å². The van der Waals surface area contributed by atoms with Crippen LogP contribution in [0.1, 0.15) is 4.88 Å². The van der Waals surface area contributed by atoms with Gasteiger partial charge in [0, 0.05) is 15.6 Å². The van der Waals surface area contributed by atoms with Gasteiger partial charge in [-0.25, -0.2) is 0 Å². The summed E-state index contributed by atoms with van der Waals surface area (Å²) in [5, 5.41) is 5.89. The number of nitrogens with one attached hydrogen (secondary N) is 1. The van der Waals surface area contributed by atoms with Crippen molar-refractivity contribution in [3.8, 4) is 5.75 Å². The van der Waals surface area contributed by atoms with Crippen LogP contribution in [0.3, 0.4) is 0 Å². The molecule has 0 unspecified atom stereocenters. The Balaban J connectivity index is 2.21. The van der Waals surface area contributed by atoms with Crippen LogP contribution in [-0.4, -0.2) is 7.11 Å². The number of nitrogen functional groups attached to an aromatic ring is 1. The van der Waals surface area contributed by atoms with E-state index in [0.29, 0.717) is 11.6 Å². The second kappa shape index (κ2) is 5.82. The van der Waals surface area contributed by atoms with Crippen LogP contribution in [0.25, 0.3) is 0 Å². The highest BCUT2D eigenvalue weighted by molar-refractivity contribution is 9.10. The normalized spacial score (nSPS) is 10.4. The summed E-state index contributed by atoms with van der Waals surface area (Å²) < 4.78 is 6.15. The maximum Gasteiger partial charge on any atom is 0.156 e. The molecule has 6 heteroatoms. The third-order valence-corrected chi connectivity index (χ3v) is 4.18. The maximum atomic E-state index is 6.02. The molecule has 1 heterocycles. The van der Waals surface area contributed by atoms with Crippen molar-refractivity contribution in [3.05, 3.63) is 38.0 Å². The summed E-state index contributed by atoms with van der Waals surface area (Å²) in [5.41, 5.74) is 7.48. The van der Waals surface area contributed by atoms with Gasteiger partial charge in [0.2, 0.25) is 0 Å². The van der Waals surface area contributed by atoms with E-state index in [-0.39, 0.29) is 0 Å². The van der Waals surface area contributed by atoms with E-state index in [0.717, 1.165) is 26.5 Å². The number of hydrogen-bond acceptors (Lipinski definition) is 4. The maximum absolute atomic E-state index is 6.02. The number of rotatable bonds is 4. The van der Waals surface area contributed by atoms with Crippen molar-refractivity contribution in [2.45, 2.75) is 6.54 Å². The van der Waals surface area contributed by atoms with Crippen LogP contribution in [0.4, 0.5) is 11.4 Å². The molecule has 0 bridgehead atoms. The van der Waals surface area contributed by atoms with Crippen molar-refractivity contribution in [1.29, 1.82) is 0 Å². The SMILES string of the molecule is COc1c(Br)cc(Cl)cc1NCc1sccc1N. The van der Waals surface area contributed by atoms with Gasteiger partial charge in [-0.2, -0.15) is 0 Å². The van der Waals surface area contributed by atoms with Crippen LogP contribution in [0, 0.1) is 0 Å². The molecule has 3 nitrogen and oxygen atoms in total. The first-order chi connectivity index (χ1) is 8.61. The molecule has 96 valence electrons. The first-order valence-corrected chi connectivity index (χ1v) is 7.25. The van der Waals surface area contributed by atoms with Gasteiger partial charge in [-0.1, -0.05) is 11.6 Å². The highest BCUT2D eigenvalue weighted by Gasteiger charge is 2.10. The van der Waals surface area contributed by atoms with E-state index in [2.05, 4.69) is 21.2 Å². The van der Waals surface area contributed by atoms with Gasteiger partial charge in [0.15, 0.2) is 5.75 Å². The number of methoxy groups -OCH3 is 1. The van der Waals surface area contributed by atoms with Crippen molar-refractivity contribution in [3.63, 3.8) is 0 Å². The van der Waals surface area contributed by atoms with Crippen LogP contribution in [0.2, 0.25) is 5.02 Å². The third kappa shape index (κ3) is 2.91. The molecule has 0 saturated carbocycles. The average molecular weight is 348 g/mol. The topological polar surface area (TPSA) is 47.3 Å². The minimum absolute atomic E-state index is 0.643. The summed E-state index contributed by atoms with van der Waals surface area (Å²) in [6.07, 6.45) is 0. The Morgan fingerprint density at radius 3 is 2.89 bits per heavy atom. The number of halogens is 2. The fourth-order valence-corrected chi connectivity index (χ4v) is 3.28. The minimum atomic E-state index is 0.643. The van der Waals surface area contributed by atoms with Crippen molar-refractivity contribution < 1.29 is 4.74 Å². The number of thiophene rings is 1. The molecule has 0 aliphatic carbocycles. The van der Waals surface area contributed by atoms with Crippen LogP contribution >= 0.6 is 38.9 Å². The van der Waals surface area contributed by atoms with Crippen molar-refractivity contribution in [2.75, 3.05) is 18.2 Å². The summed E-state index contributed by atoms with van der Waals surface area (Å²) in [7, 11) is 1.62. The molecule has 0 spiro atoms. The molecule has 0 radical (unpaired) electrons. The van der Waals surface area contributed by atoms with E-state index in [1.165, 1.54) is 0 Å². The summed E-state index contributed by atoms with van der Waals surface area (Å²) in [6, 6.07) is 5.52. The van der Waals surface area contributed by atoms with Gasteiger partial charge in [0.05, 0.1) is 23.8 Å². The smallest absolute Gasteiger partial charge is 0.156 e. The quantitative estimate of drug-likeness (QED) is 0.863. The second-order valence-electron chi connectivity index (χ2n) is 3.62. The van der Waals surface area contributed by atoms with Crippen molar-refractivity contribution in [1.82, 2.24) is 0 Å². The number of anilines is 2. The summed E-state index contributed by atoms with van der Waals surface area (Å²) in [6.45, 7) is 0.645. The van der Waals surface area contributed by atoms with Gasteiger partial charge in [-0.3, -0.25) is 0 Å². The summed E-state index contributed by atoms with van der Waals surface area (Å²) >= 11 is 11.1. The lowest BCUT2D eigenvalue weighted by Gasteiger charge is -2.13. The lowest BCUT2D eigenvalue weighted by molar-refractivity contribution is 0.414. The van der Waals surface area contributed by atoms with Gasteiger partial charge in [0.1, 0.15) is 0 Å². The first kappa shape index (κ1) is 13.5. The second-order valence-corrected chi connectivity index (χ2v) is 5.91. The van der Waals surface area contributed by atoms with Gasteiger partial charge >= 0.3 is 0 Å². The van der Waals surface area contributed by atoms with Gasteiger partial charge < -0.3 is 15.8 Å². The number of hydrogen-bond donors (Lipinski definition) is 2. The molecule has 0 fully saturated rings. The fourth-order valence-electron chi connectivity index (χ4n) is 1.57. The molecule has 1 aromatic carbocycles. The lowest BCUT2D eigenvalue weighted by Crippen LogP contribution is -2.02. The predicted octanol–water partition coefficient (Wildman–Crippen LogP) is 4.37. The molecule has 0 amide bonds. The van der Waals surface area contributed by atoms with E-state index in [4.69, 9.17) is 22.1 Å². The zero-order valence-corrected chi connectivity index (χ0v) is 12.8. The van der Waals surface area contributed by atoms with E-state index in [1.807, 2.05) is 17.5 Å². The van der Waals surface area contributed by atoms with Crippen LogP contribution in [0.5, 0.6) is 5.75 Å². The Morgan fingerprint density at radius 1 is 1.50 bits per heavy atom. The zero-order chi connectivity index (χ0) is 13.1. The molecule has 2 aromatic rings. The van der Waals surface area contributed by atoms with Crippen LogP contribution in [0.15, 0.2) is 28.1 Å². The lowest BCUT2D eigenvalue weighted by atomic mass is 10.3. The standard InChI is InChI=1S/C12H12BrClN2OS/c1-17-12-8(13)4-7(14)5-10(12)16-6-11-9(15)2-3-18-11/h2-5,16H,6,15H2,1H3. The molecular weight excluding hydrogens is 336 g/mol.